The number of hydrogen-bond donors (Lipinski definition) is 3. The Kier molecular flexibility index (Phi) is 5.01. The van der Waals surface area contributed by atoms with Gasteiger partial charge in [-0.15, -0.1) is 0 Å². The summed E-state index contributed by atoms with van der Waals surface area (Å²) >= 11 is 0. The molecule has 20 heavy (non-hydrogen) atoms. The first-order chi connectivity index (χ1) is 9.63. The van der Waals surface area contributed by atoms with Gasteiger partial charge < -0.3 is 15.7 Å². The molecule has 1 aromatic carbocycles. The van der Waals surface area contributed by atoms with E-state index in [0.29, 0.717) is 6.54 Å². The zero-order valence-corrected chi connectivity index (χ0v) is 12.1. The molecule has 1 aliphatic rings. The fourth-order valence-corrected chi connectivity index (χ4v) is 2.21. The summed E-state index contributed by atoms with van der Waals surface area (Å²) in [5.74, 6) is 0. The van der Waals surface area contributed by atoms with Gasteiger partial charge in [-0.1, -0.05) is 30.3 Å². The lowest BCUT2D eigenvalue weighted by Crippen LogP contribution is -2.43. The van der Waals surface area contributed by atoms with Crippen LogP contribution in [-0.4, -0.2) is 30.3 Å². The minimum absolute atomic E-state index is 0.0371. The average molecular weight is 276 g/mol. The second kappa shape index (κ2) is 6.75. The third kappa shape index (κ3) is 4.53. The molecule has 1 aliphatic carbocycles. The quantitative estimate of drug-likeness (QED) is 0.714. The van der Waals surface area contributed by atoms with Crippen LogP contribution in [0.15, 0.2) is 30.3 Å². The fraction of sp³-hybridized carbons (Fsp3) is 0.562. The Morgan fingerprint density at radius 2 is 2.05 bits per heavy atom. The van der Waals surface area contributed by atoms with Crippen molar-refractivity contribution in [1.82, 2.24) is 10.6 Å². The SMILES string of the molecule is CC(CCc1ccccc1)NC(=O)NCC1(CO)CC1. The van der Waals surface area contributed by atoms with Crippen molar-refractivity contribution >= 4 is 6.03 Å². The van der Waals surface area contributed by atoms with Crippen LogP contribution in [0.1, 0.15) is 31.7 Å². The minimum Gasteiger partial charge on any atom is -0.396 e. The predicted octanol–water partition coefficient (Wildman–Crippen LogP) is 2.08. The number of nitrogens with one attached hydrogen (secondary N) is 2. The van der Waals surface area contributed by atoms with E-state index in [0.717, 1.165) is 25.7 Å². The normalized spacial score (nSPS) is 17.3. The Hall–Kier alpha value is -1.55. The molecule has 4 heteroatoms. The molecule has 0 radical (unpaired) electrons. The molecule has 4 nitrogen and oxygen atoms in total. The molecule has 0 aliphatic heterocycles. The summed E-state index contributed by atoms with van der Waals surface area (Å²) in [5, 5.41) is 15.0. The lowest BCUT2D eigenvalue weighted by molar-refractivity contribution is 0.202. The van der Waals surface area contributed by atoms with Gasteiger partial charge in [-0.3, -0.25) is 0 Å². The van der Waals surface area contributed by atoms with Gasteiger partial charge in [0.15, 0.2) is 0 Å². The van der Waals surface area contributed by atoms with Crippen LogP contribution in [-0.2, 0) is 6.42 Å². The van der Waals surface area contributed by atoms with E-state index in [-0.39, 0.29) is 24.1 Å². The van der Waals surface area contributed by atoms with Crippen molar-refractivity contribution in [3.63, 3.8) is 0 Å². The highest BCUT2D eigenvalue weighted by Crippen LogP contribution is 2.44. The molecule has 0 bridgehead atoms. The van der Waals surface area contributed by atoms with E-state index in [1.165, 1.54) is 5.56 Å². The molecule has 1 atom stereocenters. The van der Waals surface area contributed by atoms with Crippen molar-refractivity contribution in [1.29, 1.82) is 0 Å². The number of aliphatic hydroxyl groups excluding tert-OH is 1. The maximum atomic E-state index is 11.8. The van der Waals surface area contributed by atoms with E-state index in [9.17, 15) is 9.90 Å². The number of amides is 2. The van der Waals surface area contributed by atoms with Gasteiger partial charge in [0.2, 0.25) is 0 Å². The number of aryl methyl sites for hydroxylation is 1. The molecule has 1 saturated carbocycles. The Labute approximate surface area is 120 Å². The molecular formula is C16H24N2O2. The largest absolute Gasteiger partial charge is 0.396 e. The average Bonchev–Trinajstić information content (AvgIpc) is 3.25. The Bertz CT molecular complexity index is 429. The maximum Gasteiger partial charge on any atom is 0.315 e. The summed E-state index contributed by atoms with van der Waals surface area (Å²) in [6, 6.07) is 10.3. The second-order valence-electron chi connectivity index (χ2n) is 5.91. The lowest BCUT2D eigenvalue weighted by Gasteiger charge is -2.17. The fourth-order valence-electron chi connectivity index (χ4n) is 2.21. The van der Waals surface area contributed by atoms with E-state index < -0.39 is 0 Å². The summed E-state index contributed by atoms with van der Waals surface area (Å²) in [6.07, 6.45) is 3.89. The van der Waals surface area contributed by atoms with Crippen molar-refractivity contribution in [3.05, 3.63) is 35.9 Å². The number of carbonyl (C=O) groups is 1. The van der Waals surface area contributed by atoms with Crippen LogP contribution in [0.4, 0.5) is 4.79 Å². The van der Waals surface area contributed by atoms with Gasteiger partial charge in [0, 0.05) is 18.0 Å². The molecule has 0 saturated heterocycles. The smallest absolute Gasteiger partial charge is 0.315 e. The van der Waals surface area contributed by atoms with Crippen molar-refractivity contribution in [2.75, 3.05) is 13.2 Å². The summed E-state index contributed by atoms with van der Waals surface area (Å²) in [5.41, 5.74) is 1.25. The van der Waals surface area contributed by atoms with Gasteiger partial charge in [-0.05, 0) is 38.2 Å². The van der Waals surface area contributed by atoms with E-state index in [1.807, 2.05) is 25.1 Å². The highest BCUT2D eigenvalue weighted by atomic mass is 16.3. The topological polar surface area (TPSA) is 61.4 Å². The van der Waals surface area contributed by atoms with Crippen LogP contribution >= 0.6 is 0 Å². The highest BCUT2D eigenvalue weighted by molar-refractivity contribution is 5.74. The van der Waals surface area contributed by atoms with Gasteiger partial charge in [0.25, 0.3) is 0 Å². The first kappa shape index (κ1) is 14.9. The van der Waals surface area contributed by atoms with Crippen molar-refractivity contribution < 1.29 is 9.90 Å². The molecule has 0 aromatic heterocycles. The molecular weight excluding hydrogens is 252 g/mol. The van der Waals surface area contributed by atoms with Crippen molar-refractivity contribution in [2.45, 2.75) is 38.6 Å². The van der Waals surface area contributed by atoms with Crippen LogP contribution in [0, 0.1) is 5.41 Å². The van der Waals surface area contributed by atoms with Crippen LogP contribution in [0.25, 0.3) is 0 Å². The third-order valence-corrected chi connectivity index (χ3v) is 4.00. The molecule has 110 valence electrons. The van der Waals surface area contributed by atoms with Gasteiger partial charge in [-0.2, -0.15) is 0 Å². The van der Waals surface area contributed by atoms with Crippen LogP contribution in [0.3, 0.4) is 0 Å². The molecule has 0 spiro atoms. The van der Waals surface area contributed by atoms with Crippen molar-refractivity contribution in [2.24, 2.45) is 5.41 Å². The maximum absolute atomic E-state index is 11.8. The van der Waals surface area contributed by atoms with Crippen LogP contribution < -0.4 is 10.6 Å². The Morgan fingerprint density at radius 1 is 1.35 bits per heavy atom. The molecule has 1 unspecified atom stereocenters. The summed E-state index contributed by atoms with van der Waals surface area (Å²) < 4.78 is 0. The number of rotatable bonds is 7. The second-order valence-corrected chi connectivity index (χ2v) is 5.91. The first-order valence-electron chi connectivity index (χ1n) is 7.33. The van der Waals surface area contributed by atoms with Crippen LogP contribution in [0.5, 0.6) is 0 Å². The predicted molar refractivity (Wildman–Crippen MR) is 79.5 cm³/mol. The monoisotopic (exact) mass is 276 g/mol. The van der Waals surface area contributed by atoms with E-state index in [1.54, 1.807) is 0 Å². The molecule has 2 rings (SSSR count). The highest BCUT2D eigenvalue weighted by Gasteiger charge is 2.42. The number of carbonyl (C=O) groups excluding carboxylic acids is 1. The zero-order chi connectivity index (χ0) is 14.4. The molecule has 0 heterocycles. The third-order valence-electron chi connectivity index (χ3n) is 4.00. The molecule has 2 amide bonds. The van der Waals surface area contributed by atoms with Gasteiger partial charge in [0.1, 0.15) is 0 Å². The standard InChI is InChI=1S/C16H24N2O2/c1-13(7-8-14-5-3-2-4-6-14)18-15(20)17-11-16(12-19)9-10-16/h2-6,13,19H,7-12H2,1H3,(H2,17,18,20). The van der Waals surface area contributed by atoms with Gasteiger partial charge >= 0.3 is 6.03 Å². The summed E-state index contributed by atoms with van der Waals surface area (Å²) in [6.45, 7) is 2.75. The minimum atomic E-state index is -0.134. The first-order valence-corrected chi connectivity index (χ1v) is 7.33. The lowest BCUT2D eigenvalue weighted by atomic mass is 10.1. The number of benzene rings is 1. The number of hydrogen-bond acceptors (Lipinski definition) is 2. The number of aliphatic hydroxyl groups is 1. The van der Waals surface area contributed by atoms with Gasteiger partial charge in [0.05, 0.1) is 6.61 Å². The van der Waals surface area contributed by atoms with E-state index >= 15 is 0 Å². The summed E-state index contributed by atoms with van der Waals surface area (Å²) in [7, 11) is 0. The van der Waals surface area contributed by atoms with E-state index in [4.69, 9.17) is 0 Å². The Morgan fingerprint density at radius 3 is 2.65 bits per heavy atom. The molecule has 1 aromatic rings. The Balaban J connectivity index is 1.63. The number of urea groups is 1. The van der Waals surface area contributed by atoms with E-state index in [2.05, 4.69) is 22.8 Å². The molecule has 3 N–H and O–H groups in total. The summed E-state index contributed by atoms with van der Waals surface area (Å²) in [4.78, 5) is 11.8. The van der Waals surface area contributed by atoms with Gasteiger partial charge in [-0.25, -0.2) is 4.79 Å². The van der Waals surface area contributed by atoms with Crippen molar-refractivity contribution in [3.8, 4) is 0 Å². The van der Waals surface area contributed by atoms with Crippen LogP contribution in [0.2, 0.25) is 0 Å². The zero-order valence-electron chi connectivity index (χ0n) is 12.1. The molecule has 1 fully saturated rings.